The molecule has 0 radical (unpaired) electrons. The molecule has 0 saturated heterocycles. The van der Waals surface area contributed by atoms with Crippen molar-refractivity contribution in [1.82, 2.24) is 0 Å². The summed E-state index contributed by atoms with van der Waals surface area (Å²) < 4.78 is 19.7. The van der Waals surface area contributed by atoms with Gasteiger partial charge in [-0.15, -0.1) is 0 Å². The van der Waals surface area contributed by atoms with Gasteiger partial charge in [0.15, 0.2) is 0 Å². The summed E-state index contributed by atoms with van der Waals surface area (Å²) >= 11 is 0. The molecule has 4 nitrogen and oxygen atoms in total. The van der Waals surface area contributed by atoms with Crippen LogP contribution >= 0.6 is 0 Å². The van der Waals surface area contributed by atoms with Gasteiger partial charge in [-0.2, -0.15) is 0 Å². The lowest BCUT2D eigenvalue weighted by Crippen LogP contribution is -2.63. The molecule has 5 heteroatoms. The van der Waals surface area contributed by atoms with E-state index in [2.05, 4.69) is 27.7 Å². The summed E-state index contributed by atoms with van der Waals surface area (Å²) in [7, 11) is 1.45. The molecular weight excluding hydrogens is 407 g/mol. The molecule has 0 bridgehead atoms. The van der Waals surface area contributed by atoms with Gasteiger partial charge in [0.2, 0.25) is 0 Å². The third-order valence-electron chi connectivity index (χ3n) is 11.2. The van der Waals surface area contributed by atoms with Gasteiger partial charge in [0.05, 0.1) is 19.3 Å². The van der Waals surface area contributed by atoms with Crippen LogP contribution in [0.1, 0.15) is 85.5 Å². The molecule has 0 heterocycles. The molecule has 0 amide bonds. The van der Waals surface area contributed by atoms with Crippen LogP contribution in [0.15, 0.2) is 0 Å². The summed E-state index contributed by atoms with van der Waals surface area (Å²) in [6.45, 7) is 9.14. The lowest BCUT2D eigenvalue weighted by atomic mass is 9.41. The van der Waals surface area contributed by atoms with E-state index >= 15 is 0 Å². The van der Waals surface area contributed by atoms with Gasteiger partial charge in [0, 0.05) is 6.42 Å². The lowest BCUT2D eigenvalue weighted by Gasteiger charge is -2.65. The summed E-state index contributed by atoms with van der Waals surface area (Å²) in [5.41, 5.74) is 0.0294. The van der Waals surface area contributed by atoms with E-state index in [1.165, 1.54) is 7.11 Å². The van der Waals surface area contributed by atoms with Crippen LogP contribution in [0.5, 0.6) is 0 Å². The van der Waals surface area contributed by atoms with Crippen LogP contribution in [0, 0.1) is 52.3 Å². The third-order valence-corrected chi connectivity index (χ3v) is 11.2. The predicted octanol–water partition coefficient (Wildman–Crippen LogP) is 5.15. The van der Waals surface area contributed by atoms with Crippen LogP contribution in [-0.4, -0.2) is 41.7 Å². The molecule has 4 saturated carbocycles. The van der Waals surface area contributed by atoms with Gasteiger partial charge in [-0.1, -0.05) is 34.1 Å². The highest BCUT2D eigenvalue weighted by Crippen LogP contribution is 2.69. The minimum Gasteiger partial charge on any atom is -0.469 e. The Morgan fingerprint density at radius 3 is 2.47 bits per heavy atom. The number of aliphatic hydroxyl groups excluding tert-OH is 2. The normalized spacial score (nSPS) is 51.3. The maximum atomic E-state index is 14.8. The quantitative estimate of drug-likeness (QED) is 0.566. The second-order valence-electron chi connectivity index (χ2n) is 12.3. The summed E-state index contributed by atoms with van der Waals surface area (Å²) in [5.74, 6) is 2.22. The number of rotatable bonds is 5. The Hall–Kier alpha value is -0.680. The topological polar surface area (TPSA) is 66.8 Å². The van der Waals surface area contributed by atoms with E-state index in [0.717, 1.165) is 38.5 Å². The Kier molecular flexibility index (Phi) is 6.75. The molecule has 0 aromatic carbocycles. The fourth-order valence-corrected chi connectivity index (χ4v) is 9.59. The van der Waals surface area contributed by atoms with Crippen molar-refractivity contribution in [3.05, 3.63) is 0 Å². The van der Waals surface area contributed by atoms with Crippen molar-refractivity contribution in [3.63, 3.8) is 0 Å². The van der Waals surface area contributed by atoms with Crippen molar-refractivity contribution in [2.45, 2.75) is 104 Å². The van der Waals surface area contributed by atoms with E-state index in [-0.39, 0.29) is 40.7 Å². The average molecular weight is 453 g/mol. The van der Waals surface area contributed by atoms with E-state index in [0.29, 0.717) is 42.9 Å². The SMILES string of the molecule is CC[C@H]1C(O)C2C3CC[C@H]([C@H](C)CCC(=O)OC)[C@@]3(C)CCC2[C@@]2(C)C[C@H](F)[C@H](O)C[C@@H]12. The van der Waals surface area contributed by atoms with Gasteiger partial charge in [-0.05, 0) is 97.2 Å². The molecule has 32 heavy (non-hydrogen) atoms. The second-order valence-corrected chi connectivity index (χ2v) is 12.3. The highest BCUT2D eigenvalue weighted by atomic mass is 19.1. The van der Waals surface area contributed by atoms with E-state index < -0.39 is 12.3 Å². The highest BCUT2D eigenvalue weighted by molar-refractivity contribution is 5.69. The summed E-state index contributed by atoms with van der Waals surface area (Å²) in [4.78, 5) is 11.7. The Morgan fingerprint density at radius 1 is 1.12 bits per heavy atom. The minimum absolute atomic E-state index is 0.132. The molecule has 0 aromatic heterocycles. The number of esters is 1. The maximum Gasteiger partial charge on any atom is 0.305 e. The molecule has 0 aliphatic heterocycles. The van der Waals surface area contributed by atoms with Crippen molar-refractivity contribution in [1.29, 1.82) is 0 Å². The van der Waals surface area contributed by atoms with Crippen molar-refractivity contribution in [2.75, 3.05) is 7.11 Å². The molecule has 4 aliphatic rings. The zero-order valence-corrected chi connectivity index (χ0v) is 20.7. The Labute approximate surface area is 193 Å². The molecule has 4 rings (SSSR count). The summed E-state index contributed by atoms with van der Waals surface area (Å²) in [6.07, 6.45) is 5.20. The monoisotopic (exact) mass is 452 g/mol. The van der Waals surface area contributed by atoms with Gasteiger partial charge in [-0.25, -0.2) is 4.39 Å². The largest absolute Gasteiger partial charge is 0.469 e. The number of aliphatic hydroxyl groups is 2. The fraction of sp³-hybridized carbons (Fsp3) is 0.963. The Bertz CT molecular complexity index is 699. The molecule has 4 unspecified atom stereocenters. The molecule has 12 atom stereocenters. The first-order valence-corrected chi connectivity index (χ1v) is 13.2. The van der Waals surface area contributed by atoms with Crippen LogP contribution in [0.2, 0.25) is 0 Å². The van der Waals surface area contributed by atoms with Crippen LogP contribution in [0.3, 0.4) is 0 Å². The van der Waals surface area contributed by atoms with Gasteiger partial charge in [0.25, 0.3) is 0 Å². The number of hydrogen-bond acceptors (Lipinski definition) is 4. The second kappa shape index (κ2) is 8.83. The number of carbonyl (C=O) groups excluding carboxylic acids is 1. The molecule has 0 aromatic rings. The number of hydrogen-bond donors (Lipinski definition) is 2. The number of halogens is 1. The molecule has 4 fully saturated rings. The van der Waals surface area contributed by atoms with Crippen LogP contribution in [-0.2, 0) is 9.53 Å². The Balaban J connectivity index is 1.60. The van der Waals surface area contributed by atoms with E-state index in [4.69, 9.17) is 4.74 Å². The van der Waals surface area contributed by atoms with Crippen molar-refractivity contribution in [2.24, 2.45) is 52.3 Å². The molecule has 2 N–H and O–H groups in total. The lowest BCUT2D eigenvalue weighted by molar-refractivity contribution is -0.213. The van der Waals surface area contributed by atoms with Crippen LogP contribution in [0.25, 0.3) is 0 Å². The minimum atomic E-state index is -1.15. The summed E-state index contributed by atoms with van der Waals surface area (Å²) in [5, 5.41) is 22.1. The first-order chi connectivity index (χ1) is 15.1. The van der Waals surface area contributed by atoms with Gasteiger partial charge in [0.1, 0.15) is 6.17 Å². The van der Waals surface area contributed by atoms with Crippen LogP contribution < -0.4 is 0 Å². The molecule has 184 valence electrons. The van der Waals surface area contributed by atoms with Crippen molar-refractivity contribution >= 4 is 5.97 Å². The number of fused-ring (bicyclic) bond motifs is 5. The number of carbonyl (C=O) groups is 1. The fourth-order valence-electron chi connectivity index (χ4n) is 9.59. The highest BCUT2D eigenvalue weighted by Gasteiger charge is 2.65. The number of ether oxygens (including phenoxy) is 1. The summed E-state index contributed by atoms with van der Waals surface area (Å²) in [6, 6.07) is 0. The standard InChI is InChI=1S/C27H45FO4/c1-6-16-20-13-22(29)21(28)14-27(20,4)19-11-12-26(3)17(15(2)7-10-23(30)32-5)8-9-18(26)24(19)25(16)31/h15-22,24-25,29,31H,6-14H2,1-5H3/t15-,16-,17-,18?,19?,20+,21+,22-,24?,25?,26-,27-/m1/s1. The number of methoxy groups -OCH3 is 1. The zero-order valence-electron chi connectivity index (χ0n) is 20.7. The van der Waals surface area contributed by atoms with Crippen LogP contribution in [0.4, 0.5) is 4.39 Å². The average Bonchev–Trinajstić information content (AvgIpc) is 3.11. The van der Waals surface area contributed by atoms with Gasteiger partial charge >= 0.3 is 5.97 Å². The maximum absolute atomic E-state index is 14.8. The first-order valence-electron chi connectivity index (χ1n) is 13.2. The molecule has 4 aliphatic carbocycles. The van der Waals surface area contributed by atoms with Crippen molar-refractivity contribution < 1.29 is 24.1 Å². The third kappa shape index (κ3) is 3.65. The zero-order chi connectivity index (χ0) is 23.4. The van der Waals surface area contributed by atoms with E-state index in [1.807, 2.05) is 0 Å². The van der Waals surface area contributed by atoms with Gasteiger partial charge < -0.3 is 14.9 Å². The van der Waals surface area contributed by atoms with Gasteiger partial charge in [-0.3, -0.25) is 4.79 Å². The van der Waals surface area contributed by atoms with E-state index in [1.54, 1.807) is 0 Å². The Morgan fingerprint density at radius 2 is 1.81 bits per heavy atom. The number of alkyl halides is 1. The van der Waals surface area contributed by atoms with Crippen molar-refractivity contribution in [3.8, 4) is 0 Å². The predicted molar refractivity (Wildman–Crippen MR) is 122 cm³/mol. The van der Waals surface area contributed by atoms with E-state index in [9.17, 15) is 19.4 Å². The first kappa shape index (κ1) is 24.4. The molecular formula is C27H45FO4. The smallest absolute Gasteiger partial charge is 0.305 e. The molecule has 0 spiro atoms.